The first kappa shape index (κ1) is 12.3. The van der Waals surface area contributed by atoms with E-state index < -0.39 is 21.4 Å². The van der Waals surface area contributed by atoms with E-state index in [-0.39, 0.29) is 0 Å². The van der Waals surface area contributed by atoms with Crippen molar-refractivity contribution < 1.29 is 21.4 Å². The molecule has 2 aromatic rings. The number of allylic oxidation sites excluding steroid dienone is 1. The van der Waals surface area contributed by atoms with Crippen LogP contribution in [0.1, 0.15) is 24.5 Å². The fourth-order valence-corrected chi connectivity index (χ4v) is 10.1. The predicted molar refractivity (Wildman–Crippen MR) is 76.7 cm³/mol. The van der Waals surface area contributed by atoms with Gasteiger partial charge in [0.25, 0.3) is 0 Å². The summed E-state index contributed by atoms with van der Waals surface area (Å²) >= 11 is -1.55. The average Bonchev–Trinajstić information content (AvgIpc) is 2.79. The molecule has 0 radical (unpaired) electrons. The number of fused-ring (bicyclic) bond motifs is 3. The summed E-state index contributed by atoms with van der Waals surface area (Å²) < 4.78 is 5.53. The van der Waals surface area contributed by atoms with Crippen molar-refractivity contribution >= 4 is 16.8 Å². The summed E-state index contributed by atoms with van der Waals surface area (Å²) in [6.45, 7) is 2.36. The van der Waals surface area contributed by atoms with Gasteiger partial charge in [-0.1, -0.05) is 0 Å². The monoisotopic (exact) mass is 403 g/mol. The van der Waals surface area contributed by atoms with Gasteiger partial charge >= 0.3 is 118 Å². The molecule has 0 N–H and O–H groups in total. The number of hydrogen-bond acceptors (Lipinski definition) is 0. The summed E-state index contributed by atoms with van der Waals surface area (Å²) in [5.74, 6) is 0. The van der Waals surface area contributed by atoms with Crippen molar-refractivity contribution in [2.24, 2.45) is 0 Å². The fraction of sp³-hybridized carbons (Fsp3) is 0.294. The van der Waals surface area contributed by atoms with Crippen LogP contribution in [0.2, 0.25) is 9.36 Å². The van der Waals surface area contributed by atoms with Gasteiger partial charge in [0.05, 0.1) is 0 Å². The van der Waals surface area contributed by atoms with Gasteiger partial charge in [-0.15, -0.1) is 0 Å². The van der Waals surface area contributed by atoms with Gasteiger partial charge in [-0.25, -0.2) is 0 Å². The molecule has 0 heterocycles. The summed E-state index contributed by atoms with van der Waals surface area (Å²) in [5.41, 5.74) is 3.09. The molecular formula is C17H19Hf. The zero-order valence-corrected chi connectivity index (χ0v) is 14.9. The molecule has 0 fully saturated rings. The maximum atomic E-state index is 2.55. The van der Waals surface area contributed by atoms with Crippen LogP contribution in [0.4, 0.5) is 0 Å². The van der Waals surface area contributed by atoms with Crippen molar-refractivity contribution in [3.63, 3.8) is 0 Å². The van der Waals surface area contributed by atoms with Crippen molar-refractivity contribution in [3.8, 4) is 0 Å². The minimum absolute atomic E-state index is 0.431. The van der Waals surface area contributed by atoms with Crippen LogP contribution in [0, 0.1) is 0 Å². The molecule has 0 saturated carbocycles. The Kier molecular flexibility index (Phi) is 3.05. The Morgan fingerprint density at radius 1 is 1.06 bits per heavy atom. The molecular weight excluding hydrogens is 383 g/mol. The normalized spacial score (nSPS) is 21.3. The molecule has 1 aliphatic rings. The van der Waals surface area contributed by atoms with Gasteiger partial charge in [0.1, 0.15) is 0 Å². The van der Waals surface area contributed by atoms with Crippen molar-refractivity contribution in [1.29, 1.82) is 0 Å². The molecule has 1 heteroatoms. The molecule has 0 amide bonds. The zero-order chi connectivity index (χ0) is 12.8. The van der Waals surface area contributed by atoms with Crippen LogP contribution in [0.5, 0.6) is 0 Å². The molecule has 1 atom stereocenters. The van der Waals surface area contributed by atoms with Gasteiger partial charge in [0, 0.05) is 0 Å². The molecule has 0 spiro atoms. The Morgan fingerprint density at radius 3 is 2.56 bits per heavy atom. The number of benzene rings is 2. The Labute approximate surface area is 117 Å². The fourth-order valence-electron chi connectivity index (χ4n) is 3.31. The van der Waals surface area contributed by atoms with Crippen LogP contribution in [-0.2, 0) is 24.6 Å². The van der Waals surface area contributed by atoms with E-state index in [2.05, 4.69) is 64.8 Å². The first-order valence-electron chi connectivity index (χ1n) is 6.71. The molecule has 0 nitrogen and oxygen atoms in total. The summed E-state index contributed by atoms with van der Waals surface area (Å²) in [6.07, 6.45) is 6.15. The second-order valence-electron chi connectivity index (χ2n) is 5.41. The van der Waals surface area contributed by atoms with E-state index in [0.29, 0.717) is 3.17 Å². The second kappa shape index (κ2) is 4.45. The minimum atomic E-state index is -1.55. The van der Waals surface area contributed by atoms with Gasteiger partial charge < -0.3 is 0 Å². The summed E-state index contributed by atoms with van der Waals surface area (Å²) in [7, 11) is 0. The van der Waals surface area contributed by atoms with E-state index in [9.17, 15) is 0 Å². The third kappa shape index (κ3) is 1.60. The van der Waals surface area contributed by atoms with Crippen molar-refractivity contribution in [3.05, 3.63) is 53.6 Å². The van der Waals surface area contributed by atoms with E-state index >= 15 is 0 Å². The Morgan fingerprint density at radius 2 is 1.83 bits per heavy atom. The molecule has 18 heavy (non-hydrogen) atoms. The van der Waals surface area contributed by atoms with Gasteiger partial charge in [-0.2, -0.15) is 0 Å². The molecule has 91 valence electrons. The standard InChI is InChI=1S/C15H13.2CH3.Hf/c1-2-11-7-9-13-10-8-12-5-3-4-6-14(12)15(11)13;;;/h3-10H,2H2,1H3;2*1H3;. The topological polar surface area (TPSA) is 0 Å². The van der Waals surface area contributed by atoms with Crippen LogP contribution in [0.25, 0.3) is 16.8 Å². The molecule has 3 rings (SSSR count). The van der Waals surface area contributed by atoms with E-state index in [1.165, 1.54) is 22.8 Å². The second-order valence-corrected chi connectivity index (χ2v) is 15.8. The maximum absolute atomic E-state index is 2.55. The van der Waals surface area contributed by atoms with E-state index in [0.717, 1.165) is 0 Å². The van der Waals surface area contributed by atoms with Gasteiger partial charge in [0.15, 0.2) is 0 Å². The zero-order valence-electron chi connectivity index (χ0n) is 11.3. The van der Waals surface area contributed by atoms with Crippen molar-refractivity contribution in [1.82, 2.24) is 0 Å². The Balaban J connectivity index is 2.37. The number of hydrogen-bond donors (Lipinski definition) is 0. The van der Waals surface area contributed by atoms with Crippen molar-refractivity contribution in [2.75, 3.05) is 0 Å². The Bertz CT molecular complexity index is 625. The first-order valence-corrected chi connectivity index (χ1v) is 15.7. The van der Waals surface area contributed by atoms with E-state index in [1.807, 2.05) is 0 Å². The molecule has 0 aliphatic heterocycles. The van der Waals surface area contributed by atoms with E-state index in [1.54, 1.807) is 5.56 Å². The molecule has 0 bridgehead atoms. The molecule has 2 aromatic carbocycles. The number of rotatable bonds is 2. The molecule has 0 saturated heterocycles. The quantitative estimate of drug-likeness (QED) is 0.608. The van der Waals surface area contributed by atoms with Gasteiger partial charge in [0.2, 0.25) is 0 Å². The summed E-state index contributed by atoms with van der Waals surface area (Å²) in [6, 6.07) is 13.4. The molecule has 1 aliphatic carbocycles. The third-order valence-corrected chi connectivity index (χ3v) is 13.6. The van der Waals surface area contributed by atoms with E-state index in [4.69, 9.17) is 0 Å². The van der Waals surface area contributed by atoms with Crippen LogP contribution in [0.15, 0.2) is 42.5 Å². The van der Waals surface area contributed by atoms with Crippen LogP contribution < -0.4 is 0 Å². The van der Waals surface area contributed by atoms with Gasteiger partial charge in [-0.3, -0.25) is 0 Å². The van der Waals surface area contributed by atoms with Crippen LogP contribution in [-0.4, -0.2) is 0 Å². The van der Waals surface area contributed by atoms with Crippen LogP contribution >= 0.6 is 0 Å². The Hall–Kier alpha value is -0.690. The van der Waals surface area contributed by atoms with Crippen molar-refractivity contribution in [2.45, 2.75) is 25.9 Å². The summed E-state index contributed by atoms with van der Waals surface area (Å²) in [5, 5.41) is 2.87. The average molecular weight is 402 g/mol. The summed E-state index contributed by atoms with van der Waals surface area (Å²) in [4.78, 5) is 0. The SMILES string of the molecule is CC[C]1([Hf]([CH3])[CH3])C=Cc2ccc3ccccc3c21. The molecule has 0 aromatic heterocycles. The molecule has 1 unspecified atom stereocenters. The van der Waals surface area contributed by atoms with Gasteiger partial charge in [-0.05, 0) is 0 Å². The third-order valence-electron chi connectivity index (χ3n) is 4.40. The predicted octanol–water partition coefficient (Wildman–Crippen LogP) is 5.19. The first-order chi connectivity index (χ1) is 8.69. The van der Waals surface area contributed by atoms with Crippen LogP contribution in [0.3, 0.4) is 0 Å².